The summed E-state index contributed by atoms with van der Waals surface area (Å²) in [6, 6.07) is 21.9. The number of hydrogen-bond donors (Lipinski definition) is 0. The van der Waals surface area contributed by atoms with E-state index in [0.29, 0.717) is 48.2 Å². The quantitative estimate of drug-likeness (QED) is 0.182. The number of nitriles is 1. The van der Waals surface area contributed by atoms with Gasteiger partial charge in [-0.25, -0.2) is 14.8 Å². The van der Waals surface area contributed by atoms with Crippen molar-refractivity contribution in [2.75, 3.05) is 18.0 Å². The summed E-state index contributed by atoms with van der Waals surface area (Å²) in [4.78, 5) is 38.4. The largest absolute Gasteiger partial charge is 0.450 e. The summed E-state index contributed by atoms with van der Waals surface area (Å²) < 4.78 is 45.6. The van der Waals surface area contributed by atoms with Crippen LogP contribution in [0.1, 0.15) is 77.9 Å². The van der Waals surface area contributed by atoms with Crippen LogP contribution in [-0.4, -0.2) is 45.6 Å². The number of carbonyl (C=O) groups is 2. The highest BCUT2D eigenvalue weighted by molar-refractivity contribution is 6.07. The molecule has 7 rings (SSSR count). The Morgan fingerprint density at radius 2 is 1.69 bits per heavy atom. The van der Waals surface area contributed by atoms with Gasteiger partial charge in [-0.1, -0.05) is 30.3 Å². The number of amides is 2. The Labute approximate surface area is 294 Å². The average Bonchev–Trinajstić information content (AvgIpc) is 3.58. The van der Waals surface area contributed by atoms with E-state index < -0.39 is 34.8 Å². The fourth-order valence-corrected chi connectivity index (χ4v) is 6.73. The molecule has 9 nitrogen and oxygen atoms in total. The molecule has 2 amide bonds. The van der Waals surface area contributed by atoms with Gasteiger partial charge in [0.25, 0.3) is 5.91 Å². The van der Waals surface area contributed by atoms with E-state index >= 15 is 8.78 Å². The average molecular weight is 688 g/mol. The highest BCUT2D eigenvalue weighted by atomic mass is 19.3. The maximum atomic E-state index is 17.0. The topological polar surface area (TPSA) is 113 Å². The number of halogens is 2. The van der Waals surface area contributed by atoms with Crippen LogP contribution in [0.25, 0.3) is 22.5 Å². The minimum Gasteiger partial charge on any atom is -0.450 e. The number of nitrogens with zero attached hydrogens (tertiary/aromatic N) is 5. The summed E-state index contributed by atoms with van der Waals surface area (Å²) >= 11 is 0. The number of rotatable bonds is 5. The van der Waals surface area contributed by atoms with E-state index in [4.69, 9.17) is 9.15 Å². The molecule has 0 spiro atoms. The zero-order chi connectivity index (χ0) is 35.9. The molecule has 0 aliphatic carbocycles. The van der Waals surface area contributed by atoms with Crippen LogP contribution in [0.4, 0.5) is 19.3 Å². The fourth-order valence-electron chi connectivity index (χ4n) is 6.73. The molecule has 0 unspecified atom stereocenters. The van der Waals surface area contributed by atoms with Crippen LogP contribution in [0.2, 0.25) is 0 Å². The number of alkyl halides is 2. The zero-order valence-corrected chi connectivity index (χ0v) is 28.4. The molecule has 0 bridgehead atoms. The molecule has 0 N–H and O–H groups in total. The number of aromatic nitrogens is 2. The molecule has 0 saturated carbocycles. The van der Waals surface area contributed by atoms with Crippen molar-refractivity contribution < 1.29 is 27.5 Å². The number of likely N-dealkylation sites (tertiary alicyclic amines) is 1. The lowest BCUT2D eigenvalue weighted by molar-refractivity contribution is 0.0204. The molecule has 2 aliphatic heterocycles. The summed E-state index contributed by atoms with van der Waals surface area (Å²) in [6.07, 6.45) is 5.49. The van der Waals surface area contributed by atoms with E-state index in [0.717, 1.165) is 11.1 Å². The van der Waals surface area contributed by atoms with E-state index in [1.54, 1.807) is 53.7 Å². The van der Waals surface area contributed by atoms with Crippen LogP contribution in [0, 0.1) is 11.3 Å². The predicted molar refractivity (Wildman–Crippen MR) is 186 cm³/mol. The van der Waals surface area contributed by atoms with Crippen LogP contribution in [0.3, 0.4) is 0 Å². The van der Waals surface area contributed by atoms with Gasteiger partial charge in [0.15, 0.2) is 0 Å². The summed E-state index contributed by atoms with van der Waals surface area (Å²) in [7, 11) is 0. The Kier molecular flexibility index (Phi) is 8.63. The standard InChI is InChI=1S/C40H35F2N5O4/c1-39(2,3)51-38(49)46-16-14-26(15-17-46)28-12-13-34-32(18-28)40(41,42)33-19-35(27-10-8-25(20-43)9-11-27)50-36(33)37(48)47(34)23-29-6-4-5-7-31(29)30-21-44-24-45-22-30/h4-13,18-19,21-22,24,26H,14-17,23H2,1-3H3. The third-order valence-corrected chi connectivity index (χ3v) is 9.29. The third-order valence-electron chi connectivity index (χ3n) is 9.29. The number of piperidine rings is 1. The monoisotopic (exact) mass is 687 g/mol. The molecule has 0 atom stereocenters. The van der Waals surface area contributed by atoms with Crippen molar-refractivity contribution in [2.45, 2.75) is 57.6 Å². The number of hydrogen-bond acceptors (Lipinski definition) is 7. The second-order valence-electron chi connectivity index (χ2n) is 13.8. The summed E-state index contributed by atoms with van der Waals surface area (Å²) in [5.41, 5.74) is 2.35. The highest BCUT2D eigenvalue weighted by Crippen LogP contribution is 2.49. The fraction of sp³-hybridized carbons (Fsp3) is 0.275. The molecule has 2 aliphatic rings. The van der Waals surface area contributed by atoms with Crippen molar-refractivity contribution >= 4 is 17.7 Å². The van der Waals surface area contributed by atoms with Crippen molar-refractivity contribution in [3.8, 4) is 28.5 Å². The van der Waals surface area contributed by atoms with Crippen LogP contribution < -0.4 is 4.90 Å². The smallest absolute Gasteiger partial charge is 0.410 e. The van der Waals surface area contributed by atoms with Crippen LogP contribution in [-0.2, 0) is 17.2 Å². The van der Waals surface area contributed by atoms with Crippen molar-refractivity contribution in [2.24, 2.45) is 0 Å². The zero-order valence-electron chi connectivity index (χ0n) is 28.4. The molecule has 1 saturated heterocycles. The normalized spacial score (nSPS) is 15.8. The molecule has 1 fully saturated rings. The molecule has 11 heteroatoms. The molecule has 3 aromatic carbocycles. The van der Waals surface area contributed by atoms with Crippen molar-refractivity contribution in [3.63, 3.8) is 0 Å². The van der Waals surface area contributed by atoms with Crippen molar-refractivity contribution in [1.29, 1.82) is 5.26 Å². The van der Waals surface area contributed by atoms with Gasteiger partial charge in [0.1, 0.15) is 17.7 Å². The maximum Gasteiger partial charge on any atom is 0.410 e. The lowest BCUT2D eigenvalue weighted by atomic mass is 9.86. The molecule has 4 heterocycles. The lowest BCUT2D eigenvalue weighted by Gasteiger charge is -2.34. The van der Waals surface area contributed by atoms with Crippen LogP contribution in [0.15, 0.2) is 95.9 Å². The van der Waals surface area contributed by atoms with Crippen molar-refractivity contribution in [3.05, 3.63) is 125 Å². The first-order chi connectivity index (χ1) is 24.4. The van der Waals surface area contributed by atoms with E-state index in [-0.39, 0.29) is 29.5 Å². The maximum absolute atomic E-state index is 17.0. The first kappa shape index (κ1) is 33.6. The Balaban J connectivity index is 1.30. The molecule has 5 aromatic rings. The number of carbonyl (C=O) groups excluding carboxylic acids is 2. The second-order valence-corrected chi connectivity index (χ2v) is 13.8. The van der Waals surface area contributed by atoms with E-state index in [2.05, 4.69) is 9.97 Å². The van der Waals surface area contributed by atoms with Gasteiger partial charge in [-0.3, -0.25) is 4.79 Å². The number of ether oxygens (including phenoxy) is 1. The Morgan fingerprint density at radius 1 is 0.980 bits per heavy atom. The van der Waals surface area contributed by atoms with Gasteiger partial charge in [0.05, 0.1) is 29.4 Å². The Hall–Kier alpha value is -5.89. The molecule has 258 valence electrons. The van der Waals surface area contributed by atoms with Crippen molar-refractivity contribution in [1.82, 2.24) is 14.9 Å². The molecule has 0 radical (unpaired) electrons. The summed E-state index contributed by atoms with van der Waals surface area (Å²) in [6.45, 7) is 6.26. The van der Waals surface area contributed by atoms with Gasteiger partial charge in [0, 0.05) is 42.2 Å². The van der Waals surface area contributed by atoms with E-state index in [1.165, 1.54) is 23.4 Å². The van der Waals surface area contributed by atoms with Crippen LogP contribution in [0.5, 0.6) is 0 Å². The number of fused-ring (bicyclic) bond motifs is 2. The van der Waals surface area contributed by atoms with Gasteiger partial charge in [-0.2, -0.15) is 14.0 Å². The van der Waals surface area contributed by atoms with Gasteiger partial charge >= 0.3 is 12.0 Å². The number of anilines is 1. The van der Waals surface area contributed by atoms with E-state index in [1.807, 2.05) is 51.1 Å². The first-order valence-corrected chi connectivity index (χ1v) is 16.7. The minimum atomic E-state index is -3.61. The summed E-state index contributed by atoms with van der Waals surface area (Å²) in [5, 5.41) is 9.24. The van der Waals surface area contributed by atoms with Gasteiger partial charge in [0.2, 0.25) is 5.76 Å². The Bertz CT molecular complexity index is 2140. The lowest BCUT2D eigenvalue weighted by Crippen LogP contribution is -2.41. The second kappa shape index (κ2) is 13.1. The van der Waals surface area contributed by atoms with E-state index in [9.17, 15) is 14.9 Å². The van der Waals surface area contributed by atoms with Gasteiger partial charge < -0.3 is 19.0 Å². The van der Waals surface area contributed by atoms with Crippen LogP contribution >= 0.6 is 0 Å². The highest BCUT2D eigenvalue weighted by Gasteiger charge is 2.48. The van der Waals surface area contributed by atoms with Gasteiger partial charge in [-0.15, -0.1) is 0 Å². The number of furan rings is 1. The minimum absolute atomic E-state index is 0.0348. The SMILES string of the molecule is CC(C)(C)OC(=O)N1CCC(c2ccc3c(c2)C(F)(F)c2cc(-c4ccc(C#N)cc4)oc2C(=O)N3Cc2ccccc2-c2cncnc2)CC1. The molecule has 2 aromatic heterocycles. The summed E-state index contributed by atoms with van der Waals surface area (Å²) in [5.74, 6) is -4.77. The first-order valence-electron chi connectivity index (χ1n) is 16.7. The van der Waals surface area contributed by atoms with Gasteiger partial charge in [-0.05, 0) is 98.7 Å². The molecular formula is C40H35F2N5O4. The molecular weight excluding hydrogens is 652 g/mol. The molecule has 51 heavy (non-hydrogen) atoms. The predicted octanol–water partition coefficient (Wildman–Crippen LogP) is 8.69. The number of benzene rings is 3. The third kappa shape index (κ3) is 6.57. The Morgan fingerprint density at radius 3 is 2.37 bits per heavy atom.